The summed E-state index contributed by atoms with van der Waals surface area (Å²) in [6.07, 6.45) is 0. The maximum atomic E-state index is 14.1. The lowest BCUT2D eigenvalue weighted by atomic mass is 10.3. The van der Waals surface area contributed by atoms with Crippen LogP contribution in [-0.4, -0.2) is 29.8 Å². The van der Waals surface area contributed by atoms with Crippen molar-refractivity contribution in [2.75, 3.05) is 0 Å². The van der Waals surface area contributed by atoms with Crippen molar-refractivity contribution in [3.05, 3.63) is 70.4 Å². The molecule has 0 saturated carbocycles. The van der Waals surface area contributed by atoms with Crippen LogP contribution in [0.1, 0.15) is 0 Å². The van der Waals surface area contributed by atoms with Gasteiger partial charge in [-0.25, -0.2) is 8.78 Å². The third-order valence-electron chi connectivity index (χ3n) is 4.18. The summed E-state index contributed by atoms with van der Waals surface area (Å²) in [4.78, 5) is -3.39. The first-order valence-corrected chi connectivity index (χ1v) is 16.3. The van der Waals surface area contributed by atoms with Gasteiger partial charge in [-0.3, -0.25) is 4.55 Å². The third kappa shape index (κ3) is 6.42. The fourth-order valence-corrected chi connectivity index (χ4v) is 8.57. The minimum absolute atomic E-state index is 0.159. The summed E-state index contributed by atoms with van der Waals surface area (Å²) in [5.41, 5.74) is 0. The van der Waals surface area contributed by atoms with Crippen LogP contribution in [0.15, 0.2) is 51.1 Å². The average molecular weight is 920 g/mol. The van der Waals surface area contributed by atoms with E-state index in [4.69, 9.17) is 8.74 Å². The van der Waals surface area contributed by atoms with Crippen molar-refractivity contribution in [3.63, 3.8) is 0 Å². The Balaban J connectivity index is 1.94. The van der Waals surface area contributed by atoms with E-state index in [0.717, 1.165) is 12.1 Å². The zero-order valence-corrected chi connectivity index (χ0v) is 26.0. The molecule has 0 aliphatic rings. The molecule has 0 fully saturated rings. The van der Waals surface area contributed by atoms with Gasteiger partial charge in [0.2, 0.25) is 17.4 Å². The van der Waals surface area contributed by atoms with E-state index in [1.165, 1.54) is 6.07 Å². The molecule has 200 valence electrons. The molecule has 0 aliphatic carbocycles. The lowest BCUT2D eigenvalue weighted by Crippen LogP contribution is -2.16. The summed E-state index contributed by atoms with van der Waals surface area (Å²) in [6.45, 7) is 0. The normalized spacial score (nSPS) is 12.4. The predicted octanol–water partition coefficient (Wildman–Crippen LogP) is 4.84. The number of hydrogen-bond donors (Lipinski definition) is 1. The van der Waals surface area contributed by atoms with E-state index in [1.54, 1.807) is 28.7 Å². The average Bonchev–Trinajstić information content (AvgIpc) is 2.77. The highest BCUT2D eigenvalue weighted by Gasteiger charge is 2.35. The van der Waals surface area contributed by atoms with E-state index >= 15 is 0 Å². The Morgan fingerprint density at radius 3 is 1.70 bits per heavy atom. The monoisotopic (exact) mass is 920 g/mol. The van der Waals surface area contributed by atoms with Crippen molar-refractivity contribution < 1.29 is 55.7 Å². The second-order valence-electron chi connectivity index (χ2n) is 6.64. The molecular formula is C18H7F4I3O9S3. The molecule has 19 heteroatoms. The van der Waals surface area contributed by atoms with Crippen LogP contribution in [0.2, 0.25) is 0 Å². The summed E-state index contributed by atoms with van der Waals surface area (Å²) in [5, 5.41) is 0. The molecule has 37 heavy (non-hydrogen) atoms. The molecule has 3 rings (SSSR count). The van der Waals surface area contributed by atoms with Gasteiger partial charge in [-0.1, -0.05) is 0 Å². The second kappa shape index (κ2) is 10.9. The van der Waals surface area contributed by atoms with Crippen LogP contribution in [0.5, 0.6) is 11.5 Å². The molecule has 3 aromatic carbocycles. The Kier molecular flexibility index (Phi) is 8.96. The topological polar surface area (TPSA) is 141 Å². The van der Waals surface area contributed by atoms with E-state index in [-0.39, 0.29) is 10.6 Å². The van der Waals surface area contributed by atoms with Crippen LogP contribution in [0.4, 0.5) is 17.6 Å². The molecule has 0 aliphatic heterocycles. The summed E-state index contributed by atoms with van der Waals surface area (Å²) < 4.78 is 148. The molecule has 3 aromatic rings. The Morgan fingerprint density at radius 1 is 0.703 bits per heavy atom. The van der Waals surface area contributed by atoms with Crippen LogP contribution in [0.25, 0.3) is 0 Å². The van der Waals surface area contributed by atoms with Gasteiger partial charge in [0, 0.05) is 10.7 Å². The molecule has 0 bridgehead atoms. The fourth-order valence-electron chi connectivity index (χ4n) is 2.60. The predicted molar refractivity (Wildman–Crippen MR) is 143 cm³/mol. The molecule has 0 atom stereocenters. The molecule has 0 radical (unpaired) electrons. The minimum Gasteiger partial charge on any atom is -0.379 e. The first-order valence-electron chi connectivity index (χ1n) is 8.84. The Bertz CT molecular complexity index is 1720. The number of halogens is 7. The molecule has 1 N–H and O–H groups in total. The van der Waals surface area contributed by atoms with E-state index in [1.807, 2.05) is 45.2 Å². The van der Waals surface area contributed by atoms with Gasteiger partial charge >= 0.3 is 30.4 Å². The van der Waals surface area contributed by atoms with Gasteiger partial charge in [-0.05, 0) is 104 Å². The van der Waals surface area contributed by atoms with Gasteiger partial charge < -0.3 is 8.37 Å². The largest absolute Gasteiger partial charge is 0.379 e. The van der Waals surface area contributed by atoms with Gasteiger partial charge in [0.05, 0.1) is 0 Å². The Hall–Kier alpha value is -1.02. The summed E-state index contributed by atoms with van der Waals surface area (Å²) in [6, 6.07) is 6.20. The molecule has 0 heterocycles. The standard InChI is InChI=1S/C18H7F4I3O9S3/c19-12-14(21)18(35(26,27)28)15(22)13(20)17(12)34-36(29,30)9-3-1-8(2-4-9)33-37(31,32)11-6-7(23)5-10(24)16(11)25/h1-6H,(H,26,27,28). The van der Waals surface area contributed by atoms with Gasteiger partial charge in [0.15, 0.2) is 16.5 Å². The van der Waals surface area contributed by atoms with E-state index in [9.17, 15) is 42.8 Å². The first-order chi connectivity index (χ1) is 16.9. The van der Waals surface area contributed by atoms with Crippen LogP contribution in [-0.2, 0) is 30.4 Å². The lowest BCUT2D eigenvalue weighted by Gasteiger charge is -2.13. The highest BCUT2D eigenvalue weighted by atomic mass is 127. The van der Waals surface area contributed by atoms with Gasteiger partial charge in [-0.15, -0.1) is 0 Å². The van der Waals surface area contributed by atoms with Crippen molar-refractivity contribution in [1.29, 1.82) is 0 Å². The molecule has 0 unspecified atom stereocenters. The molecule has 0 saturated heterocycles. The van der Waals surface area contributed by atoms with Crippen molar-refractivity contribution in [1.82, 2.24) is 0 Å². The highest BCUT2D eigenvalue weighted by molar-refractivity contribution is 14.1. The first kappa shape index (κ1) is 30.5. The van der Waals surface area contributed by atoms with Crippen molar-refractivity contribution in [3.8, 4) is 11.5 Å². The zero-order valence-electron chi connectivity index (χ0n) is 17.0. The third-order valence-corrected chi connectivity index (χ3v) is 11.6. The quantitative estimate of drug-likeness (QED) is 0.116. The molecular weight excluding hydrogens is 913 g/mol. The Morgan fingerprint density at radius 2 is 1.22 bits per heavy atom. The van der Waals surface area contributed by atoms with Crippen LogP contribution in [0.3, 0.4) is 0 Å². The molecule has 0 amide bonds. The second-order valence-corrected chi connectivity index (χ2v) is 14.5. The molecule has 0 aromatic heterocycles. The number of rotatable bonds is 7. The van der Waals surface area contributed by atoms with Crippen LogP contribution in [0, 0.1) is 34.0 Å². The summed E-state index contributed by atoms with van der Waals surface area (Å²) in [5.74, 6) is -12.9. The van der Waals surface area contributed by atoms with Crippen LogP contribution >= 0.6 is 67.8 Å². The SMILES string of the molecule is O=S(=O)(O)c1c(F)c(F)c(OS(=O)(=O)c2ccc(OS(=O)(=O)c3cc(I)cc(I)c3I)cc2)c(F)c1F. The van der Waals surface area contributed by atoms with Gasteiger partial charge in [0.25, 0.3) is 0 Å². The summed E-state index contributed by atoms with van der Waals surface area (Å²) in [7, 11) is -15.3. The van der Waals surface area contributed by atoms with Gasteiger partial charge in [0.1, 0.15) is 15.5 Å². The smallest absolute Gasteiger partial charge is 0.340 e. The van der Waals surface area contributed by atoms with Crippen molar-refractivity contribution >= 4 is 98.1 Å². The van der Waals surface area contributed by atoms with Gasteiger partial charge in [-0.2, -0.15) is 34.0 Å². The van der Waals surface area contributed by atoms with Crippen molar-refractivity contribution in [2.45, 2.75) is 14.7 Å². The van der Waals surface area contributed by atoms with E-state index in [2.05, 4.69) is 4.18 Å². The highest BCUT2D eigenvalue weighted by Crippen LogP contribution is 2.34. The van der Waals surface area contributed by atoms with E-state index < -0.39 is 69.2 Å². The fraction of sp³-hybridized carbons (Fsp3) is 0. The lowest BCUT2D eigenvalue weighted by molar-refractivity contribution is 0.365. The summed E-state index contributed by atoms with van der Waals surface area (Å²) >= 11 is 5.63. The number of hydrogen-bond acceptors (Lipinski definition) is 8. The Labute approximate surface area is 248 Å². The molecule has 9 nitrogen and oxygen atoms in total. The maximum Gasteiger partial charge on any atom is 0.340 e. The zero-order chi connectivity index (χ0) is 28.1. The van der Waals surface area contributed by atoms with Crippen LogP contribution < -0.4 is 8.37 Å². The number of benzene rings is 3. The van der Waals surface area contributed by atoms with Crippen molar-refractivity contribution in [2.24, 2.45) is 0 Å². The molecule has 0 spiro atoms. The van der Waals surface area contributed by atoms with E-state index in [0.29, 0.717) is 22.8 Å². The minimum atomic E-state index is -5.77. The maximum absolute atomic E-state index is 14.1.